The summed E-state index contributed by atoms with van der Waals surface area (Å²) in [6.45, 7) is 2.32. The molecule has 2 fully saturated rings. The summed E-state index contributed by atoms with van der Waals surface area (Å²) in [5.74, 6) is 0.911. The highest BCUT2D eigenvalue weighted by molar-refractivity contribution is 9.25. The summed E-state index contributed by atoms with van der Waals surface area (Å²) in [6, 6.07) is 0. The number of hydrogen-bond donors (Lipinski definition) is 0. The number of rotatable bonds is 1. The maximum atomic E-state index is 3.81. The van der Waals surface area contributed by atoms with Crippen molar-refractivity contribution < 1.29 is 0 Å². The molecular formula is C9H14Br2. The van der Waals surface area contributed by atoms with E-state index in [1.54, 1.807) is 0 Å². The summed E-state index contributed by atoms with van der Waals surface area (Å²) < 4.78 is 0.318. The third-order valence-electron chi connectivity index (χ3n) is 3.68. The van der Waals surface area contributed by atoms with Gasteiger partial charge in [0.1, 0.15) is 0 Å². The first-order valence-corrected chi connectivity index (χ1v) is 6.11. The molecule has 11 heavy (non-hydrogen) atoms. The predicted octanol–water partition coefficient (Wildman–Crippen LogP) is 4.07. The van der Waals surface area contributed by atoms with Crippen molar-refractivity contribution in [2.45, 2.75) is 42.3 Å². The lowest BCUT2D eigenvalue weighted by atomic mass is 9.87. The summed E-state index contributed by atoms with van der Waals surface area (Å²) >= 11 is 7.63. The molecule has 0 spiro atoms. The van der Waals surface area contributed by atoms with Crippen molar-refractivity contribution in [3.8, 4) is 0 Å². The van der Waals surface area contributed by atoms with Gasteiger partial charge in [-0.1, -0.05) is 51.6 Å². The molecule has 2 atom stereocenters. The number of hydrogen-bond acceptors (Lipinski definition) is 0. The number of halogens is 2. The van der Waals surface area contributed by atoms with Crippen LogP contribution in [0.4, 0.5) is 0 Å². The molecule has 0 aromatic rings. The van der Waals surface area contributed by atoms with Crippen LogP contribution in [0.15, 0.2) is 0 Å². The zero-order chi connectivity index (χ0) is 8.11. The van der Waals surface area contributed by atoms with Crippen LogP contribution in [0.2, 0.25) is 0 Å². The second-order valence-corrected chi connectivity index (χ2v) is 7.50. The van der Waals surface area contributed by atoms with Gasteiger partial charge in [-0.3, -0.25) is 0 Å². The highest BCUT2D eigenvalue weighted by Crippen LogP contribution is 2.77. The van der Waals surface area contributed by atoms with E-state index >= 15 is 0 Å². The fraction of sp³-hybridized carbons (Fsp3) is 1.00. The predicted molar refractivity (Wildman–Crippen MR) is 55.3 cm³/mol. The lowest BCUT2D eigenvalue weighted by molar-refractivity contribution is 0.327. The molecule has 64 valence electrons. The van der Waals surface area contributed by atoms with Gasteiger partial charge in [-0.15, -0.1) is 0 Å². The van der Waals surface area contributed by atoms with Crippen LogP contribution >= 0.6 is 31.9 Å². The Morgan fingerprint density at radius 3 is 2.55 bits per heavy atom. The smallest absolute Gasteiger partial charge is 0.0718 e. The van der Waals surface area contributed by atoms with E-state index in [2.05, 4.69) is 38.8 Å². The van der Waals surface area contributed by atoms with Crippen LogP contribution in [0.1, 0.15) is 39.0 Å². The van der Waals surface area contributed by atoms with E-state index in [0.717, 1.165) is 5.92 Å². The van der Waals surface area contributed by atoms with Crippen molar-refractivity contribution in [2.75, 3.05) is 0 Å². The van der Waals surface area contributed by atoms with Gasteiger partial charge < -0.3 is 0 Å². The quantitative estimate of drug-likeness (QED) is 0.636. The van der Waals surface area contributed by atoms with Crippen LogP contribution in [-0.2, 0) is 0 Å². The summed E-state index contributed by atoms with van der Waals surface area (Å²) in [5, 5.41) is 0. The molecule has 2 aliphatic carbocycles. The van der Waals surface area contributed by atoms with Crippen LogP contribution in [0.25, 0.3) is 0 Å². The molecule has 0 radical (unpaired) electrons. The molecule has 2 rings (SSSR count). The zero-order valence-corrected chi connectivity index (χ0v) is 10.0. The molecule has 0 heterocycles. The SMILES string of the molecule is CC[C@]12CCCC[C@H]1C2(Br)Br. The van der Waals surface area contributed by atoms with Gasteiger partial charge in [0, 0.05) is 5.41 Å². The molecule has 0 aliphatic heterocycles. The average Bonchev–Trinajstić information content (AvgIpc) is 2.52. The molecule has 0 N–H and O–H groups in total. The Balaban J connectivity index is 2.20. The van der Waals surface area contributed by atoms with Gasteiger partial charge in [-0.2, -0.15) is 0 Å². The first kappa shape index (κ1) is 8.55. The van der Waals surface area contributed by atoms with Crippen LogP contribution in [0.5, 0.6) is 0 Å². The van der Waals surface area contributed by atoms with Gasteiger partial charge in [0.15, 0.2) is 0 Å². The Morgan fingerprint density at radius 1 is 1.36 bits per heavy atom. The fourth-order valence-electron chi connectivity index (χ4n) is 2.84. The van der Waals surface area contributed by atoms with Crippen molar-refractivity contribution in [3.05, 3.63) is 0 Å². The minimum Gasteiger partial charge on any atom is -0.0718 e. The molecule has 0 amide bonds. The molecule has 0 nitrogen and oxygen atoms in total. The van der Waals surface area contributed by atoms with Crippen molar-refractivity contribution >= 4 is 31.9 Å². The van der Waals surface area contributed by atoms with Crippen LogP contribution in [0, 0.1) is 11.3 Å². The Kier molecular flexibility index (Phi) is 1.92. The second-order valence-electron chi connectivity index (χ2n) is 3.93. The van der Waals surface area contributed by atoms with Gasteiger partial charge in [0.05, 0.1) is 3.23 Å². The standard InChI is InChI=1S/C9H14Br2/c1-2-8-6-4-3-5-7(8)9(8,10)11/h7H,2-6H2,1H3/t7-,8+/m1/s1. The van der Waals surface area contributed by atoms with Gasteiger partial charge in [-0.25, -0.2) is 0 Å². The van der Waals surface area contributed by atoms with Crippen LogP contribution < -0.4 is 0 Å². The van der Waals surface area contributed by atoms with Crippen molar-refractivity contribution in [2.24, 2.45) is 11.3 Å². The van der Waals surface area contributed by atoms with E-state index in [1.807, 2.05) is 0 Å². The lowest BCUT2D eigenvalue weighted by Gasteiger charge is -2.19. The van der Waals surface area contributed by atoms with E-state index in [1.165, 1.54) is 32.1 Å². The average molecular weight is 282 g/mol. The summed E-state index contributed by atoms with van der Waals surface area (Å²) in [5.41, 5.74) is 0.616. The van der Waals surface area contributed by atoms with Crippen molar-refractivity contribution in [1.29, 1.82) is 0 Å². The maximum Gasteiger partial charge on any atom is 0.0898 e. The highest BCUT2D eigenvalue weighted by atomic mass is 79.9. The van der Waals surface area contributed by atoms with E-state index < -0.39 is 0 Å². The number of fused-ring (bicyclic) bond motifs is 1. The third-order valence-corrected chi connectivity index (χ3v) is 6.37. The zero-order valence-electron chi connectivity index (χ0n) is 6.87. The second kappa shape index (κ2) is 2.47. The third kappa shape index (κ3) is 0.918. The van der Waals surface area contributed by atoms with E-state index in [-0.39, 0.29) is 0 Å². The van der Waals surface area contributed by atoms with Gasteiger partial charge in [-0.05, 0) is 25.2 Å². The van der Waals surface area contributed by atoms with E-state index in [4.69, 9.17) is 0 Å². The maximum absolute atomic E-state index is 3.81. The minimum absolute atomic E-state index is 0.318. The first-order chi connectivity index (χ1) is 5.15. The largest absolute Gasteiger partial charge is 0.0898 e. The molecule has 0 aromatic carbocycles. The summed E-state index contributed by atoms with van der Waals surface area (Å²) in [7, 11) is 0. The Bertz CT molecular complexity index is 176. The topological polar surface area (TPSA) is 0 Å². The molecule has 0 unspecified atom stereocenters. The fourth-order valence-corrected chi connectivity index (χ4v) is 5.45. The molecule has 2 aliphatic rings. The monoisotopic (exact) mass is 280 g/mol. The van der Waals surface area contributed by atoms with Gasteiger partial charge >= 0.3 is 0 Å². The normalized spacial score (nSPS) is 46.6. The molecule has 2 saturated carbocycles. The number of alkyl halides is 2. The van der Waals surface area contributed by atoms with Crippen LogP contribution in [0.3, 0.4) is 0 Å². The molecule has 0 aromatic heterocycles. The minimum atomic E-state index is 0.318. The molecular weight excluding hydrogens is 268 g/mol. The Hall–Kier alpha value is 0.960. The van der Waals surface area contributed by atoms with Crippen LogP contribution in [-0.4, -0.2) is 3.23 Å². The first-order valence-electron chi connectivity index (χ1n) is 4.53. The van der Waals surface area contributed by atoms with Crippen molar-refractivity contribution in [1.82, 2.24) is 0 Å². The molecule has 2 heteroatoms. The van der Waals surface area contributed by atoms with E-state index in [9.17, 15) is 0 Å². The molecule has 0 saturated heterocycles. The Labute approximate surface area is 85.4 Å². The summed E-state index contributed by atoms with van der Waals surface area (Å²) in [6.07, 6.45) is 7.04. The van der Waals surface area contributed by atoms with Crippen molar-refractivity contribution in [3.63, 3.8) is 0 Å². The summed E-state index contributed by atoms with van der Waals surface area (Å²) in [4.78, 5) is 0. The molecule has 0 bridgehead atoms. The van der Waals surface area contributed by atoms with Gasteiger partial charge in [0.2, 0.25) is 0 Å². The highest BCUT2D eigenvalue weighted by Gasteiger charge is 2.72. The lowest BCUT2D eigenvalue weighted by Crippen LogP contribution is -2.09. The van der Waals surface area contributed by atoms with Gasteiger partial charge in [0.25, 0.3) is 0 Å². The van der Waals surface area contributed by atoms with E-state index in [0.29, 0.717) is 8.65 Å². The Morgan fingerprint density at radius 2 is 2.09 bits per heavy atom.